The lowest BCUT2D eigenvalue weighted by Crippen LogP contribution is -2.51. The average Bonchev–Trinajstić information content (AvgIpc) is 2.98. The molecule has 0 aliphatic carbocycles. The van der Waals surface area contributed by atoms with Crippen LogP contribution in [0, 0.1) is 11.7 Å². The SMILES string of the molecule is C=C1CCC(O)(C2(c3ccccc3F)SCCCS2)C[C@@H](C)COC2=C1N=CC(Br)=C=C2. The Morgan fingerprint density at radius 1 is 1.31 bits per heavy atom. The van der Waals surface area contributed by atoms with Gasteiger partial charge in [0, 0.05) is 17.9 Å². The number of hydrogen-bond donors (Lipinski definition) is 1. The summed E-state index contributed by atoms with van der Waals surface area (Å²) < 4.78 is 21.2. The van der Waals surface area contributed by atoms with Gasteiger partial charge in [-0.2, -0.15) is 0 Å². The second-order valence-electron chi connectivity index (χ2n) is 8.51. The number of rotatable bonds is 2. The van der Waals surface area contributed by atoms with Gasteiger partial charge in [-0.25, -0.2) is 4.39 Å². The molecule has 4 rings (SSSR count). The van der Waals surface area contributed by atoms with Crippen molar-refractivity contribution in [3.63, 3.8) is 0 Å². The van der Waals surface area contributed by atoms with E-state index in [-0.39, 0.29) is 11.7 Å². The van der Waals surface area contributed by atoms with Crippen molar-refractivity contribution in [2.75, 3.05) is 18.1 Å². The van der Waals surface area contributed by atoms with Gasteiger partial charge in [0.2, 0.25) is 0 Å². The zero-order valence-electron chi connectivity index (χ0n) is 18.1. The van der Waals surface area contributed by atoms with Gasteiger partial charge in [-0.3, -0.25) is 4.99 Å². The second-order valence-corrected chi connectivity index (χ2v) is 12.2. The van der Waals surface area contributed by atoms with E-state index < -0.39 is 9.68 Å². The minimum Gasteiger partial charge on any atom is -0.490 e. The predicted molar refractivity (Wildman–Crippen MR) is 137 cm³/mol. The summed E-state index contributed by atoms with van der Waals surface area (Å²) >= 11 is 6.77. The zero-order valence-corrected chi connectivity index (χ0v) is 21.3. The van der Waals surface area contributed by atoms with E-state index in [1.165, 1.54) is 6.07 Å². The van der Waals surface area contributed by atoms with Crippen molar-refractivity contribution >= 4 is 45.7 Å². The minimum atomic E-state index is -1.14. The van der Waals surface area contributed by atoms with Crippen LogP contribution in [0.4, 0.5) is 4.39 Å². The fourth-order valence-corrected chi connectivity index (χ4v) is 8.42. The molecule has 1 aromatic carbocycles. The van der Waals surface area contributed by atoms with Gasteiger partial charge < -0.3 is 9.84 Å². The van der Waals surface area contributed by atoms with E-state index in [0.717, 1.165) is 28.0 Å². The summed E-state index contributed by atoms with van der Waals surface area (Å²) in [4.78, 5) is 4.56. The number of benzene rings is 1. The van der Waals surface area contributed by atoms with Crippen LogP contribution in [0.15, 0.2) is 69.2 Å². The molecule has 170 valence electrons. The molecule has 0 saturated carbocycles. The smallest absolute Gasteiger partial charge is 0.152 e. The van der Waals surface area contributed by atoms with Gasteiger partial charge in [0.1, 0.15) is 15.6 Å². The number of ether oxygens (including phenoxy) is 1. The van der Waals surface area contributed by atoms with Crippen molar-refractivity contribution in [3.8, 4) is 0 Å². The monoisotopic (exact) mass is 535 g/mol. The summed E-state index contributed by atoms with van der Waals surface area (Å²) in [6, 6.07) is 6.89. The predicted octanol–water partition coefficient (Wildman–Crippen LogP) is 6.70. The number of allylic oxidation sites excluding steroid dienone is 2. The maximum Gasteiger partial charge on any atom is 0.152 e. The number of aliphatic hydroxyl groups is 1. The van der Waals surface area contributed by atoms with Crippen LogP contribution in [0.1, 0.15) is 38.2 Å². The Morgan fingerprint density at radius 2 is 2.06 bits per heavy atom. The molecular formula is C25H27BrFNO2S2. The molecule has 1 unspecified atom stereocenters. The van der Waals surface area contributed by atoms with Crippen molar-refractivity contribution in [2.24, 2.45) is 10.9 Å². The molecule has 3 aliphatic heterocycles. The third-order valence-corrected chi connectivity index (χ3v) is 10.1. The molecule has 3 heterocycles. The van der Waals surface area contributed by atoms with Gasteiger partial charge in [-0.15, -0.1) is 23.5 Å². The van der Waals surface area contributed by atoms with E-state index >= 15 is 4.39 Å². The highest BCUT2D eigenvalue weighted by molar-refractivity contribution is 9.12. The molecule has 3 nitrogen and oxygen atoms in total. The summed E-state index contributed by atoms with van der Waals surface area (Å²) in [6.07, 6.45) is 6.02. The summed E-state index contributed by atoms with van der Waals surface area (Å²) in [5.41, 5.74) is 4.01. The highest BCUT2D eigenvalue weighted by atomic mass is 79.9. The Balaban J connectivity index is 1.75. The molecule has 2 atom stereocenters. The topological polar surface area (TPSA) is 41.8 Å². The van der Waals surface area contributed by atoms with Crippen molar-refractivity contribution in [1.82, 2.24) is 0 Å². The quantitative estimate of drug-likeness (QED) is 0.427. The summed E-state index contributed by atoms with van der Waals surface area (Å²) in [6.45, 7) is 6.75. The van der Waals surface area contributed by atoms with Gasteiger partial charge in [0.15, 0.2) is 5.76 Å². The van der Waals surface area contributed by atoms with Crippen LogP contribution in [0.5, 0.6) is 0 Å². The highest BCUT2D eigenvalue weighted by Gasteiger charge is 2.54. The maximum absolute atomic E-state index is 15.1. The number of thioether (sulfide) groups is 2. The van der Waals surface area contributed by atoms with Crippen LogP contribution in [-0.4, -0.2) is 35.0 Å². The fraction of sp³-hybridized carbons (Fsp3) is 0.440. The first-order valence-electron chi connectivity index (χ1n) is 10.8. The Kier molecular flexibility index (Phi) is 7.43. The number of hydrogen-bond acceptors (Lipinski definition) is 5. The molecule has 1 N–H and O–H groups in total. The Morgan fingerprint density at radius 3 is 2.81 bits per heavy atom. The first kappa shape index (κ1) is 23.9. The van der Waals surface area contributed by atoms with E-state index in [1.807, 2.05) is 12.1 Å². The first-order valence-corrected chi connectivity index (χ1v) is 13.6. The molecule has 0 amide bonds. The second kappa shape index (κ2) is 9.94. The van der Waals surface area contributed by atoms with Crippen molar-refractivity contribution < 1.29 is 14.2 Å². The Labute approximate surface area is 206 Å². The van der Waals surface area contributed by atoms with Gasteiger partial charge in [-0.1, -0.05) is 37.4 Å². The van der Waals surface area contributed by atoms with E-state index in [4.69, 9.17) is 4.74 Å². The molecule has 1 aromatic rings. The normalized spacial score (nSPS) is 28.4. The molecule has 32 heavy (non-hydrogen) atoms. The maximum atomic E-state index is 15.1. The molecular weight excluding hydrogens is 509 g/mol. The molecule has 0 aromatic heterocycles. The van der Waals surface area contributed by atoms with Gasteiger partial charge >= 0.3 is 0 Å². The lowest BCUT2D eigenvalue weighted by Gasteiger charge is -2.50. The molecule has 0 radical (unpaired) electrons. The van der Waals surface area contributed by atoms with E-state index in [2.05, 4.69) is 40.2 Å². The van der Waals surface area contributed by atoms with Crippen LogP contribution in [-0.2, 0) is 8.82 Å². The number of halogens is 2. The van der Waals surface area contributed by atoms with Gasteiger partial charge in [-0.05, 0) is 70.7 Å². The van der Waals surface area contributed by atoms with Crippen LogP contribution in [0.3, 0.4) is 0 Å². The van der Waals surface area contributed by atoms with Crippen molar-refractivity contribution in [1.29, 1.82) is 0 Å². The van der Waals surface area contributed by atoms with E-state index in [0.29, 0.717) is 42.9 Å². The minimum absolute atomic E-state index is 0.0555. The molecule has 1 saturated heterocycles. The van der Waals surface area contributed by atoms with Gasteiger partial charge in [0.25, 0.3) is 0 Å². The first-order chi connectivity index (χ1) is 15.3. The molecule has 7 heteroatoms. The van der Waals surface area contributed by atoms with E-state index in [9.17, 15) is 5.11 Å². The lowest BCUT2D eigenvalue weighted by molar-refractivity contribution is -0.0138. The summed E-state index contributed by atoms with van der Waals surface area (Å²) in [7, 11) is 0. The zero-order chi connectivity index (χ0) is 22.8. The van der Waals surface area contributed by atoms with Crippen LogP contribution in [0.2, 0.25) is 0 Å². The van der Waals surface area contributed by atoms with Crippen molar-refractivity contribution in [2.45, 2.75) is 42.3 Å². The average molecular weight is 537 g/mol. The summed E-state index contributed by atoms with van der Waals surface area (Å²) in [5, 5.41) is 12.3. The highest BCUT2D eigenvalue weighted by Crippen LogP contribution is 2.60. The Bertz CT molecular complexity index is 1020. The molecule has 0 spiro atoms. The van der Waals surface area contributed by atoms with Crippen molar-refractivity contribution in [3.05, 3.63) is 75.5 Å². The standard InChI is InChI=1S/C25H27BrFNO2S2/c1-17-14-24(29,25(31-12-5-13-32-25)20-6-3-4-7-21(20)27)11-10-18(2)23-22(30-16-17)9-8-19(26)15-28-23/h3-4,6-7,9,15,17,29H,2,5,10-14,16H2,1H3/t17-,24?/m1/s1. The molecule has 0 bridgehead atoms. The third-order valence-electron chi connectivity index (χ3n) is 6.01. The largest absolute Gasteiger partial charge is 0.490 e. The van der Waals surface area contributed by atoms with Crippen LogP contribution < -0.4 is 0 Å². The summed E-state index contributed by atoms with van der Waals surface area (Å²) in [5.74, 6) is 2.21. The van der Waals surface area contributed by atoms with Crippen LogP contribution >= 0.6 is 39.5 Å². The number of nitrogens with zero attached hydrogens (tertiary/aromatic N) is 1. The molecule has 1 fully saturated rings. The fourth-order valence-electron chi connectivity index (χ4n) is 4.48. The molecule has 3 aliphatic rings. The number of aliphatic imine (C=N–C) groups is 1. The Hall–Kier alpha value is -1.24. The third kappa shape index (κ3) is 4.69. The van der Waals surface area contributed by atoms with Gasteiger partial charge in [0.05, 0.1) is 16.7 Å². The van der Waals surface area contributed by atoms with E-state index in [1.54, 1.807) is 41.9 Å². The lowest BCUT2D eigenvalue weighted by atomic mass is 9.80. The van der Waals surface area contributed by atoms with Crippen LogP contribution in [0.25, 0.3) is 0 Å².